The SMILES string of the molecule is CCCCCCCN1CCNC(C(C)CC)C1. The maximum atomic E-state index is 3.67. The Hall–Kier alpha value is -0.0800. The van der Waals surface area contributed by atoms with Crippen LogP contribution in [0.4, 0.5) is 0 Å². The molecule has 0 spiro atoms. The zero-order valence-corrected chi connectivity index (χ0v) is 12.2. The van der Waals surface area contributed by atoms with Gasteiger partial charge in [-0.05, 0) is 18.9 Å². The summed E-state index contributed by atoms with van der Waals surface area (Å²) in [5.74, 6) is 0.817. The zero-order chi connectivity index (χ0) is 12.5. The predicted octanol–water partition coefficient (Wildman–Crippen LogP) is 3.28. The van der Waals surface area contributed by atoms with E-state index in [1.165, 1.54) is 64.7 Å². The standard InChI is InChI=1S/C15H32N2/c1-4-6-7-8-9-11-17-12-10-16-15(13-17)14(3)5-2/h14-16H,4-13H2,1-3H3. The van der Waals surface area contributed by atoms with Crippen LogP contribution in [0.25, 0.3) is 0 Å². The molecule has 0 saturated carbocycles. The zero-order valence-electron chi connectivity index (χ0n) is 12.2. The second kappa shape index (κ2) is 8.93. The fourth-order valence-corrected chi connectivity index (χ4v) is 2.65. The monoisotopic (exact) mass is 240 g/mol. The quantitative estimate of drug-likeness (QED) is 0.655. The van der Waals surface area contributed by atoms with Gasteiger partial charge in [0.25, 0.3) is 0 Å². The summed E-state index contributed by atoms with van der Waals surface area (Å²) in [5.41, 5.74) is 0. The second-order valence-corrected chi connectivity index (χ2v) is 5.66. The molecule has 1 heterocycles. The van der Waals surface area contributed by atoms with E-state index in [1.807, 2.05) is 0 Å². The molecule has 1 aliphatic rings. The topological polar surface area (TPSA) is 15.3 Å². The number of hydrogen-bond donors (Lipinski definition) is 1. The molecule has 0 amide bonds. The van der Waals surface area contributed by atoms with E-state index in [4.69, 9.17) is 0 Å². The molecule has 102 valence electrons. The van der Waals surface area contributed by atoms with Crippen LogP contribution in [0.5, 0.6) is 0 Å². The first kappa shape index (κ1) is 15.0. The van der Waals surface area contributed by atoms with Gasteiger partial charge in [0, 0.05) is 25.7 Å². The molecular weight excluding hydrogens is 208 g/mol. The summed E-state index contributed by atoms with van der Waals surface area (Å²) < 4.78 is 0. The second-order valence-electron chi connectivity index (χ2n) is 5.66. The van der Waals surface area contributed by atoms with Crippen LogP contribution in [-0.4, -0.2) is 37.1 Å². The Bertz CT molecular complexity index is 182. The minimum Gasteiger partial charge on any atom is -0.311 e. The van der Waals surface area contributed by atoms with Crippen molar-refractivity contribution in [3.63, 3.8) is 0 Å². The van der Waals surface area contributed by atoms with Crippen molar-refractivity contribution in [3.05, 3.63) is 0 Å². The van der Waals surface area contributed by atoms with Gasteiger partial charge in [0.2, 0.25) is 0 Å². The van der Waals surface area contributed by atoms with Crippen molar-refractivity contribution in [2.45, 2.75) is 65.3 Å². The highest BCUT2D eigenvalue weighted by Gasteiger charge is 2.22. The Morgan fingerprint density at radius 1 is 1.18 bits per heavy atom. The largest absolute Gasteiger partial charge is 0.311 e. The first-order valence-corrected chi connectivity index (χ1v) is 7.73. The van der Waals surface area contributed by atoms with Gasteiger partial charge in [0.15, 0.2) is 0 Å². The van der Waals surface area contributed by atoms with Crippen LogP contribution in [0.3, 0.4) is 0 Å². The molecule has 1 saturated heterocycles. The fourth-order valence-electron chi connectivity index (χ4n) is 2.65. The van der Waals surface area contributed by atoms with Crippen molar-refractivity contribution in [2.24, 2.45) is 5.92 Å². The van der Waals surface area contributed by atoms with E-state index in [0.717, 1.165) is 12.0 Å². The number of rotatable bonds is 8. The summed E-state index contributed by atoms with van der Waals surface area (Å²) in [6.07, 6.45) is 8.30. The van der Waals surface area contributed by atoms with Crippen molar-refractivity contribution >= 4 is 0 Å². The Morgan fingerprint density at radius 3 is 2.65 bits per heavy atom. The molecule has 2 atom stereocenters. The van der Waals surface area contributed by atoms with Crippen LogP contribution in [-0.2, 0) is 0 Å². The Balaban J connectivity index is 2.12. The Morgan fingerprint density at radius 2 is 1.94 bits per heavy atom. The summed E-state index contributed by atoms with van der Waals surface area (Å²) in [4.78, 5) is 2.67. The van der Waals surface area contributed by atoms with Crippen LogP contribution >= 0.6 is 0 Å². The van der Waals surface area contributed by atoms with Crippen molar-refractivity contribution in [3.8, 4) is 0 Å². The smallest absolute Gasteiger partial charge is 0.0221 e. The van der Waals surface area contributed by atoms with Crippen molar-refractivity contribution in [1.82, 2.24) is 10.2 Å². The number of nitrogens with zero attached hydrogens (tertiary/aromatic N) is 1. The van der Waals surface area contributed by atoms with Crippen LogP contribution in [0, 0.1) is 5.92 Å². The summed E-state index contributed by atoms with van der Waals surface area (Å²) in [7, 11) is 0. The molecule has 0 aliphatic carbocycles. The van der Waals surface area contributed by atoms with E-state index >= 15 is 0 Å². The summed E-state index contributed by atoms with van der Waals surface area (Å²) in [6.45, 7) is 12.0. The molecule has 2 heteroatoms. The molecule has 2 unspecified atom stereocenters. The van der Waals surface area contributed by atoms with Crippen LogP contribution < -0.4 is 5.32 Å². The molecular formula is C15H32N2. The van der Waals surface area contributed by atoms with Gasteiger partial charge in [0.1, 0.15) is 0 Å². The fraction of sp³-hybridized carbons (Fsp3) is 1.00. The van der Waals surface area contributed by atoms with Crippen molar-refractivity contribution < 1.29 is 0 Å². The molecule has 0 bridgehead atoms. The third-order valence-electron chi connectivity index (χ3n) is 4.20. The molecule has 17 heavy (non-hydrogen) atoms. The predicted molar refractivity (Wildman–Crippen MR) is 76.4 cm³/mol. The molecule has 1 fully saturated rings. The average molecular weight is 240 g/mol. The van der Waals surface area contributed by atoms with Crippen molar-refractivity contribution in [2.75, 3.05) is 26.2 Å². The van der Waals surface area contributed by atoms with Gasteiger partial charge in [-0.1, -0.05) is 52.9 Å². The van der Waals surface area contributed by atoms with E-state index in [-0.39, 0.29) is 0 Å². The van der Waals surface area contributed by atoms with Gasteiger partial charge >= 0.3 is 0 Å². The lowest BCUT2D eigenvalue weighted by Crippen LogP contribution is -2.53. The summed E-state index contributed by atoms with van der Waals surface area (Å²) >= 11 is 0. The highest BCUT2D eigenvalue weighted by Crippen LogP contribution is 2.13. The summed E-state index contributed by atoms with van der Waals surface area (Å²) in [6, 6.07) is 0.726. The van der Waals surface area contributed by atoms with Gasteiger partial charge in [-0.25, -0.2) is 0 Å². The lowest BCUT2D eigenvalue weighted by Gasteiger charge is -2.36. The molecule has 0 aromatic carbocycles. The lowest BCUT2D eigenvalue weighted by molar-refractivity contribution is 0.166. The third kappa shape index (κ3) is 5.87. The van der Waals surface area contributed by atoms with E-state index in [1.54, 1.807) is 0 Å². The molecule has 1 rings (SSSR count). The maximum Gasteiger partial charge on any atom is 0.0221 e. The van der Waals surface area contributed by atoms with Gasteiger partial charge in [-0.2, -0.15) is 0 Å². The van der Waals surface area contributed by atoms with E-state index < -0.39 is 0 Å². The number of nitrogens with one attached hydrogen (secondary N) is 1. The first-order chi connectivity index (χ1) is 8.27. The Labute approximate surface area is 108 Å². The van der Waals surface area contributed by atoms with Gasteiger partial charge < -0.3 is 10.2 Å². The van der Waals surface area contributed by atoms with E-state index in [2.05, 4.69) is 31.0 Å². The highest BCUT2D eigenvalue weighted by molar-refractivity contribution is 4.81. The molecule has 0 aromatic rings. The molecule has 0 radical (unpaired) electrons. The number of piperazine rings is 1. The van der Waals surface area contributed by atoms with E-state index in [9.17, 15) is 0 Å². The van der Waals surface area contributed by atoms with Crippen LogP contribution in [0.15, 0.2) is 0 Å². The normalized spacial score (nSPS) is 23.8. The van der Waals surface area contributed by atoms with E-state index in [0.29, 0.717) is 0 Å². The van der Waals surface area contributed by atoms with Crippen LogP contribution in [0.1, 0.15) is 59.3 Å². The molecule has 2 nitrogen and oxygen atoms in total. The minimum absolute atomic E-state index is 0.726. The third-order valence-corrected chi connectivity index (χ3v) is 4.20. The van der Waals surface area contributed by atoms with Crippen molar-refractivity contribution in [1.29, 1.82) is 0 Å². The first-order valence-electron chi connectivity index (χ1n) is 7.73. The van der Waals surface area contributed by atoms with Gasteiger partial charge in [-0.15, -0.1) is 0 Å². The minimum atomic E-state index is 0.726. The maximum absolute atomic E-state index is 3.67. The summed E-state index contributed by atoms with van der Waals surface area (Å²) in [5, 5.41) is 3.67. The van der Waals surface area contributed by atoms with Gasteiger partial charge in [-0.3, -0.25) is 0 Å². The molecule has 0 aromatic heterocycles. The lowest BCUT2D eigenvalue weighted by atomic mass is 9.97. The molecule has 1 aliphatic heterocycles. The molecule has 1 N–H and O–H groups in total. The Kier molecular flexibility index (Phi) is 7.87. The van der Waals surface area contributed by atoms with Crippen LogP contribution in [0.2, 0.25) is 0 Å². The number of hydrogen-bond acceptors (Lipinski definition) is 2. The number of unbranched alkanes of at least 4 members (excludes halogenated alkanes) is 4. The van der Waals surface area contributed by atoms with Gasteiger partial charge in [0.05, 0.1) is 0 Å². The highest BCUT2D eigenvalue weighted by atomic mass is 15.2. The average Bonchev–Trinajstić information content (AvgIpc) is 2.38.